The predicted octanol–water partition coefficient (Wildman–Crippen LogP) is 2.60. The number of benzene rings is 1. The van der Waals surface area contributed by atoms with Crippen molar-refractivity contribution in [2.45, 2.75) is 0 Å². The molecular formula is C15H16FN3O. The summed E-state index contributed by atoms with van der Waals surface area (Å²) in [5.74, 6) is 0. The first-order chi connectivity index (χ1) is 9.78. The molecule has 0 unspecified atom stereocenters. The molecule has 0 bridgehead atoms. The zero-order valence-electron chi connectivity index (χ0n) is 11.2. The molecule has 0 saturated heterocycles. The van der Waals surface area contributed by atoms with Gasteiger partial charge in [-0.2, -0.15) is 4.94 Å². The third-order valence-electron chi connectivity index (χ3n) is 3.37. The molecule has 2 heterocycles. The Balaban J connectivity index is 1.80. The number of fused-ring (bicyclic) bond motifs is 1. The third-order valence-corrected chi connectivity index (χ3v) is 3.37. The van der Waals surface area contributed by atoms with Gasteiger partial charge in [0.15, 0.2) is 0 Å². The molecule has 1 aromatic carbocycles. The largest absolute Gasteiger partial charge is 0.372 e. The van der Waals surface area contributed by atoms with E-state index >= 15 is 0 Å². The summed E-state index contributed by atoms with van der Waals surface area (Å²) in [6, 6.07) is 8.09. The topological polar surface area (TPSA) is 27.7 Å². The van der Waals surface area contributed by atoms with Crippen molar-refractivity contribution < 1.29 is 9.33 Å². The van der Waals surface area contributed by atoms with E-state index in [1.165, 1.54) is 0 Å². The van der Waals surface area contributed by atoms with Gasteiger partial charge in [-0.05, 0) is 35.4 Å². The van der Waals surface area contributed by atoms with Crippen LogP contribution in [0.4, 0.5) is 10.1 Å². The minimum absolute atomic E-state index is 0.344. The number of anilines is 1. The molecule has 0 saturated carbocycles. The van der Waals surface area contributed by atoms with Gasteiger partial charge in [-0.25, -0.2) is 14.9 Å². The first kappa shape index (κ1) is 12.7. The number of hydrogen-bond donors (Lipinski definition) is 1. The summed E-state index contributed by atoms with van der Waals surface area (Å²) >= 11 is 0. The van der Waals surface area contributed by atoms with E-state index in [2.05, 4.69) is 5.48 Å². The third kappa shape index (κ3) is 2.40. The second kappa shape index (κ2) is 5.38. The Morgan fingerprint density at radius 1 is 1.30 bits per heavy atom. The molecule has 1 N–H and O–H groups in total. The molecule has 0 aromatic heterocycles. The lowest BCUT2D eigenvalue weighted by molar-refractivity contribution is -0.112. The maximum atomic E-state index is 12.3. The summed E-state index contributed by atoms with van der Waals surface area (Å²) in [5, 5.41) is 1.66. The highest BCUT2D eigenvalue weighted by atomic mass is 19.1. The zero-order chi connectivity index (χ0) is 13.9. The molecule has 0 spiro atoms. The van der Waals surface area contributed by atoms with Gasteiger partial charge in [0.2, 0.25) is 0 Å². The first-order valence-corrected chi connectivity index (χ1v) is 6.47. The van der Waals surface area contributed by atoms with Crippen LogP contribution in [0.1, 0.15) is 5.56 Å². The van der Waals surface area contributed by atoms with Crippen molar-refractivity contribution in [2.75, 3.05) is 25.2 Å². The van der Waals surface area contributed by atoms with Gasteiger partial charge in [0.1, 0.15) is 6.67 Å². The lowest BCUT2D eigenvalue weighted by Crippen LogP contribution is -2.19. The number of allylic oxidation sites excluding steroid dienone is 3. The number of alkyl halides is 1. The van der Waals surface area contributed by atoms with Crippen LogP contribution in [0.3, 0.4) is 0 Å². The monoisotopic (exact) mass is 273 g/mol. The summed E-state index contributed by atoms with van der Waals surface area (Å²) < 4.78 is 12.3. The molecule has 2 aliphatic heterocycles. The number of hydroxylamine groups is 3. The predicted molar refractivity (Wildman–Crippen MR) is 76.9 cm³/mol. The highest BCUT2D eigenvalue weighted by molar-refractivity contribution is 5.78. The quantitative estimate of drug-likeness (QED) is 0.912. The summed E-state index contributed by atoms with van der Waals surface area (Å²) in [7, 11) is 1.89. The number of rotatable bonds is 4. The van der Waals surface area contributed by atoms with Crippen LogP contribution < -0.4 is 10.4 Å². The highest BCUT2D eigenvalue weighted by Gasteiger charge is 2.16. The average molecular weight is 273 g/mol. The van der Waals surface area contributed by atoms with Crippen molar-refractivity contribution in [3.8, 4) is 0 Å². The van der Waals surface area contributed by atoms with E-state index < -0.39 is 0 Å². The summed E-state index contributed by atoms with van der Waals surface area (Å²) in [4.78, 5) is 7.03. The van der Waals surface area contributed by atoms with Crippen LogP contribution in [0.15, 0.2) is 54.5 Å². The summed E-state index contributed by atoms with van der Waals surface area (Å²) in [6.45, 7) is 0.0654. The van der Waals surface area contributed by atoms with Gasteiger partial charge in [-0.3, -0.25) is 0 Å². The van der Waals surface area contributed by atoms with E-state index in [1.807, 2.05) is 54.6 Å². The minimum atomic E-state index is -0.344. The molecule has 0 amide bonds. The Kier molecular flexibility index (Phi) is 3.43. The van der Waals surface area contributed by atoms with Crippen LogP contribution in [0.5, 0.6) is 0 Å². The van der Waals surface area contributed by atoms with E-state index in [1.54, 1.807) is 11.3 Å². The zero-order valence-corrected chi connectivity index (χ0v) is 11.2. The fourth-order valence-corrected chi connectivity index (χ4v) is 2.18. The van der Waals surface area contributed by atoms with Gasteiger partial charge < -0.3 is 4.90 Å². The molecule has 0 radical (unpaired) electrons. The molecule has 0 fully saturated rings. The molecular weight excluding hydrogens is 257 g/mol. The van der Waals surface area contributed by atoms with E-state index in [4.69, 9.17) is 4.94 Å². The Bertz CT molecular complexity index is 577. The molecule has 20 heavy (non-hydrogen) atoms. The fraction of sp³-hybridized carbons (Fsp3) is 0.200. The Morgan fingerprint density at radius 2 is 2.10 bits per heavy atom. The average Bonchev–Trinajstić information content (AvgIpc) is 2.95. The van der Waals surface area contributed by atoms with Crippen molar-refractivity contribution in [1.29, 1.82) is 0 Å². The molecule has 1 aromatic rings. The Morgan fingerprint density at radius 3 is 2.85 bits per heavy atom. The molecule has 2 aliphatic rings. The molecule has 4 nitrogen and oxygen atoms in total. The Labute approximate surface area is 117 Å². The van der Waals surface area contributed by atoms with Crippen molar-refractivity contribution in [2.24, 2.45) is 0 Å². The summed E-state index contributed by atoms with van der Waals surface area (Å²) in [6.07, 6.45) is 7.70. The van der Waals surface area contributed by atoms with Crippen LogP contribution >= 0.6 is 0 Å². The van der Waals surface area contributed by atoms with E-state index in [-0.39, 0.29) is 6.67 Å². The lowest BCUT2D eigenvalue weighted by atomic mass is 10.0. The van der Waals surface area contributed by atoms with Crippen molar-refractivity contribution in [1.82, 2.24) is 10.5 Å². The molecule has 0 aliphatic carbocycles. The maximum Gasteiger partial charge on any atom is 0.107 e. The van der Waals surface area contributed by atoms with Crippen LogP contribution in [0.2, 0.25) is 0 Å². The number of nitrogens with zero attached hydrogens (tertiary/aromatic N) is 2. The van der Waals surface area contributed by atoms with E-state index in [9.17, 15) is 4.39 Å². The van der Waals surface area contributed by atoms with Gasteiger partial charge >= 0.3 is 0 Å². The first-order valence-electron chi connectivity index (χ1n) is 6.47. The minimum Gasteiger partial charge on any atom is -0.372 e. The van der Waals surface area contributed by atoms with E-state index in [0.29, 0.717) is 6.54 Å². The molecule has 0 atom stereocenters. The molecule has 3 rings (SSSR count). The second-order valence-corrected chi connectivity index (χ2v) is 4.68. The van der Waals surface area contributed by atoms with Crippen molar-refractivity contribution in [3.05, 3.63) is 60.1 Å². The highest BCUT2D eigenvalue weighted by Crippen LogP contribution is 2.27. The standard InChI is InChI=1S/C15H16FN3O/c1-18(9-7-16)14-4-2-12(3-5-14)13-6-8-19-15(10-13)11-17-20-19/h2-6,8,10-11,17H,7,9H2,1H3. The van der Waals surface area contributed by atoms with Crippen LogP contribution in [-0.4, -0.2) is 25.3 Å². The molecule has 5 heteroatoms. The van der Waals surface area contributed by atoms with Gasteiger partial charge in [-0.15, -0.1) is 0 Å². The smallest absolute Gasteiger partial charge is 0.107 e. The number of halogens is 1. The summed E-state index contributed by atoms with van der Waals surface area (Å²) in [5.41, 5.74) is 6.90. The van der Waals surface area contributed by atoms with E-state index in [0.717, 1.165) is 22.5 Å². The number of nitrogens with one attached hydrogen (secondary N) is 1. The van der Waals surface area contributed by atoms with Gasteiger partial charge in [0.05, 0.1) is 11.9 Å². The number of hydrogen-bond acceptors (Lipinski definition) is 4. The van der Waals surface area contributed by atoms with Crippen LogP contribution in [-0.2, 0) is 4.94 Å². The van der Waals surface area contributed by atoms with Gasteiger partial charge in [0, 0.05) is 25.5 Å². The lowest BCUT2D eigenvalue weighted by Gasteiger charge is -2.19. The van der Waals surface area contributed by atoms with Crippen LogP contribution in [0, 0.1) is 0 Å². The van der Waals surface area contributed by atoms with Crippen molar-refractivity contribution >= 4 is 11.3 Å². The van der Waals surface area contributed by atoms with Crippen molar-refractivity contribution in [3.63, 3.8) is 0 Å². The molecule has 104 valence electrons. The second-order valence-electron chi connectivity index (χ2n) is 4.68. The fourth-order valence-electron chi connectivity index (χ4n) is 2.18. The van der Waals surface area contributed by atoms with Crippen LogP contribution in [0.25, 0.3) is 5.57 Å². The van der Waals surface area contributed by atoms with Gasteiger partial charge in [-0.1, -0.05) is 12.1 Å². The maximum absolute atomic E-state index is 12.3. The van der Waals surface area contributed by atoms with Gasteiger partial charge in [0.25, 0.3) is 0 Å². The Hall–Kier alpha value is -2.27. The normalized spacial score (nSPS) is 16.4. The SMILES string of the molecule is CN(CCF)c1ccc(C2=CC3=CNON3C=C2)cc1.